The number of anilines is 1. The molecule has 1 aliphatic carbocycles. The van der Waals surface area contributed by atoms with Crippen LogP contribution in [0, 0.1) is 5.92 Å². The monoisotopic (exact) mass is 347 g/mol. The van der Waals surface area contributed by atoms with Crippen LogP contribution in [0.4, 0.5) is 5.69 Å². The van der Waals surface area contributed by atoms with E-state index in [0.29, 0.717) is 16.5 Å². The molecule has 0 saturated carbocycles. The molecule has 1 atom stereocenters. The molecular weight excluding hydrogens is 326 g/mol. The number of aromatic nitrogens is 2. The summed E-state index contributed by atoms with van der Waals surface area (Å²) in [4.78, 5) is 25.7. The minimum absolute atomic E-state index is 0.172. The molecule has 2 aromatic heterocycles. The third-order valence-corrected chi connectivity index (χ3v) is 5.73. The molecule has 0 spiro atoms. The van der Waals surface area contributed by atoms with Crippen LogP contribution in [-0.2, 0) is 23.2 Å². The zero-order valence-electron chi connectivity index (χ0n) is 14.0. The molecule has 6 nitrogen and oxygen atoms in total. The van der Waals surface area contributed by atoms with Crippen molar-refractivity contribution >= 4 is 28.9 Å². The maximum atomic E-state index is 12.5. The number of hydrogen-bond donors (Lipinski definition) is 2. The van der Waals surface area contributed by atoms with E-state index in [9.17, 15) is 14.7 Å². The fourth-order valence-electron chi connectivity index (χ4n) is 2.80. The molecule has 1 amide bonds. The molecule has 2 heterocycles. The van der Waals surface area contributed by atoms with Gasteiger partial charge in [0.2, 0.25) is 0 Å². The Balaban J connectivity index is 1.74. The largest absolute Gasteiger partial charge is 0.479 e. The van der Waals surface area contributed by atoms with E-state index in [1.807, 2.05) is 6.07 Å². The summed E-state index contributed by atoms with van der Waals surface area (Å²) in [6, 6.07) is 1.98. The number of hydrogen-bond acceptors (Lipinski definition) is 4. The van der Waals surface area contributed by atoms with Gasteiger partial charge in [-0.3, -0.25) is 9.48 Å². The third kappa shape index (κ3) is 3.08. The number of fused-ring (bicyclic) bond motifs is 1. The van der Waals surface area contributed by atoms with Crippen LogP contribution in [0.1, 0.15) is 47.3 Å². The SMILES string of the molecule is CC1CCc2sc(C(=O)Nc3cnn(C(C)(C)C(=O)O)c3)cc2C1. The lowest BCUT2D eigenvalue weighted by Crippen LogP contribution is -2.35. The van der Waals surface area contributed by atoms with Crippen LogP contribution in [-0.4, -0.2) is 26.8 Å². The predicted octanol–water partition coefficient (Wildman–Crippen LogP) is 3.14. The van der Waals surface area contributed by atoms with Gasteiger partial charge in [0.05, 0.1) is 16.8 Å². The second-order valence-corrected chi connectivity index (χ2v) is 8.04. The fraction of sp³-hybridized carbons (Fsp3) is 0.471. The first-order valence-electron chi connectivity index (χ1n) is 7.99. The number of carboxylic acid groups (broad SMARTS) is 1. The number of aryl methyl sites for hydroxylation is 1. The Morgan fingerprint density at radius 2 is 2.21 bits per heavy atom. The van der Waals surface area contributed by atoms with E-state index in [0.717, 1.165) is 12.8 Å². The van der Waals surface area contributed by atoms with Crippen LogP contribution >= 0.6 is 11.3 Å². The van der Waals surface area contributed by atoms with Crippen molar-refractivity contribution in [2.24, 2.45) is 5.92 Å². The number of nitrogens with one attached hydrogen (secondary N) is 1. The highest BCUT2D eigenvalue weighted by atomic mass is 32.1. The van der Waals surface area contributed by atoms with Gasteiger partial charge in [-0.25, -0.2) is 4.79 Å². The minimum Gasteiger partial charge on any atom is -0.479 e. The van der Waals surface area contributed by atoms with Gasteiger partial charge < -0.3 is 10.4 Å². The lowest BCUT2D eigenvalue weighted by Gasteiger charge is -2.19. The quantitative estimate of drug-likeness (QED) is 0.890. The van der Waals surface area contributed by atoms with Crippen LogP contribution in [0.5, 0.6) is 0 Å². The van der Waals surface area contributed by atoms with E-state index in [4.69, 9.17) is 0 Å². The Morgan fingerprint density at radius 3 is 2.92 bits per heavy atom. The summed E-state index contributed by atoms with van der Waals surface area (Å²) in [6.07, 6.45) is 6.26. The average molecular weight is 347 g/mol. The van der Waals surface area contributed by atoms with E-state index < -0.39 is 11.5 Å². The molecule has 0 bridgehead atoms. The summed E-state index contributed by atoms with van der Waals surface area (Å²) < 4.78 is 1.34. The summed E-state index contributed by atoms with van der Waals surface area (Å²) in [6.45, 7) is 5.35. The zero-order chi connectivity index (χ0) is 17.5. The Labute approximate surface area is 144 Å². The lowest BCUT2D eigenvalue weighted by molar-refractivity contribution is -0.146. The molecule has 128 valence electrons. The molecular formula is C17H21N3O3S. The van der Waals surface area contributed by atoms with Crippen LogP contribution in [0.25, 0.3) is 0 Å². The summed E-state index contributed by atoms with van der Waals surface area (Å²) in [5.74, 6) is -0.488. The number of nitrogens with zero attached hydrogens (tertiary/aromatic N) is 2. The van der Waals surface area contributed by atoms with Crippen molar-refractivity contribution in [3.05, 3.63) is 33.8 Å². The number of carbonyl (C=O) groups is 2. The van der Waals surface area contributed by atoms with Gasteiger partial charge in [-0.1, -0.05) is 6.92 Å². The smallest absolute Gasteiger partial charge is 0.331 e. The Bertz CT molecular complexity index is 791. The molecule has 0 aliphatic heterocycles. The molecule has 7 heteroatoms. The van der Waals surface area contributed by atoms with E-state index in [1.165, 1.54) is 27.7 Å². The number of carboxylic acids is 1. The van der Waals surface area contributed by atoms with Crippen LogP contribution in [0.2, 0.25) is 0 Å². The van der Waals surface area contributed by atoms with E-state index in [1.54, 1.807) is 31.4 Å². The van der Waals surface area contributed by atoms with Crippen molar-refractivity contribution in [3.8, 4) is 0 Å². The van der Waals surface area contributed by atoms with E-state index in [2.05, 4.69) is 17.3 Å². The van der Waals surface area contributed by atoms with Crippen molar-refractivity contribution in [3.63, 3.8) is 0 Å². The molecule has 1 aliphatic rings. The van der Waals surface area contributed by atoms with Crippen molar-refractivity contribution in [1.82, 2.24) is 9.78 Å². The first-order chi connectivity index (χ1) is 11.3. The third-order valence-electron chi connectivity index (χ3n) is 4.49. The first-order valence-corrected chi connectivity index (χ1v) is 8.80. The van der Waals surface area contributed by atoms with Gasteiger partial charge in [0.1, 0.15) is 0 Å². The molecule has 0 saturated heterocycles. The molecule has 2 N–H and O–H groups in total. The summed E-state index contributed by atoms with van der Waals surface area (Å²) in [7, 11) is 0. The van der Waals surface area contributed by atoms with Gasteiger partial charge in [-0.05, 0) is 50.7 Å². The number of rotatable bonds is 4. The average Bonchev–Trinajstić information content (AvgIpc) is 3.13. The number of amides is 1. The van der Waals surface area contributed by atoms with Crippen LogP contribution in [0.3, 0.4) is 0 Å². The highest BCUT2D eigenvalue weighted by Crippen LogP contribution is 2.32. The Morgan fingerprint density at radius 1 is 1.46 bits per heavy atom. The molecule has 0 fully saturated rings. The normalized spacial score (nSPS) is 17.4. The number of carbonyl (C=O) groups excluding carboxylic acids is 1. The van der Waals surface area contributed by atoms with Gasteiger partial charge in [-0.2, -0.15) is 5.10 Å². The lowest BCUT2D eigenvalue weighted by atomic mass is 9.90. The van der Waals surface area contributed by atoms with Crippen molar-refractivity contribution in [1.29, 1.82) is 0 Å². The summed E-state index contributed by atoms with van der Waals surface area (Å²) in [5.41, 5.74) is 0.613. The topological polar surface area (TPSA) is 84.2 Å². The second kappa shape index (κ2) is 6.05. The van der Waals surface area contributed by atoms with Gasteiger partial charge >= 0.3 is 5.97 Å². The van der Waals surface area contributed by atoms with E-state index in [-0.39, 0.29) is 5.91 Å². The van der Waals surface area contributed by atoms with Gasteiger partial charge in [0.25, 0.3) is 5.91 Å². The highest BCUT2D eigenvalue weighted by Gasteiger charge is 2.30. The fourth-order valence-corrected chi connectivity index (χ4v) is 3.91. The van der Waals surface area contributed by atoms with Crippen molar-refractivity contribution < 1.29 is 14.7 Å². The van der Waals surface area contributed by atoms with Crippen molar-refractivity contribution in [2.75, 3.05) is 5.32 Å². The first kappa shape index (κ1) is 16.7. The predicted molar refractivity (Wildman–Crippen MR) is 92.6 cm³/mol. The molecule has 3 rings (SSSR count). The van der Waals surface area contributed by atoms with Gasteiger partial charge in [0, 0.05) is 11.1 Å². The molecule has 1 unspecified atom stereocenters. The molecule has 0 aromatic carbocycles. The highest BCUT2D eigenvalue weighted by molar-refractivity contribution is 7.14. The van der Waals surface area contributed by atoms with E-state index >= 15 is 0 Å². The second-order valence-electron chi connectivity index (χ2n) is 6.90. The number of aliphatic carboxylic acids is 1. The van der Waals surface area contributed by atoms with Crippen molar-refractivity contribution in [2.45, 2.75) is 45.6 Å². The maximum Gasteiger partial charge on any atom is 0.331 e. The zero-order valence-corrected chi connectivity index (χ0v) is 14.8. The Hall–Kier alpha value is -2.15. The Kier molecular flexibility index (Phi) is 4.21. The van der Waals surface area contributed by atoms with Gasteiger partial charge in [-0.15, -0.1) is 11.3 Å². The molecule has 2 aromatic rings. The number of thiophene rings is 1. The summed E-state index contributed by atoms with van der Waals surface area (Å²) >= 11 is 1.55. The van der Waals surface area contributed by atoms with Gasteiger partial charge in [0.15, 0.2) is 5.54 Å². The molecule has 0 radical (unpaired) electrons. The maximum absolute atomic E-state index is 12.5. The minimum atomic E-state index is -1.17. The standard InChI is InChI=1S/C17H21N3O3S/c1-10-4-5-13-11(6-10)7-14(24-13)15(21)19-12-8-18-20(9-12)17(2,3)16(22)23/h7-10H,4-6H2,1-3H3,(H,19,21)(H,22,23). The summed E-state index contributed by atoms with van der Waals surface area (Å²) in [5, 5.41) is 16.1. The molecule has 24 heavy (non-hydrogen) atoms. The van der Waals surface area contributed by atoms with Crippen LogP contribution < -0.4 is 5.32 Å². The van der Waals surface area contributed by atoms with Crippen LogP contribution in [0.15, 0.2) is 18.5 Å².